The molecule has 2 aromatic rings. The average Bonchev–Trinajstić information content (AvgIpc) is 2.74. The summed E-state index contributed by atoms with van der Waals surface area (Å²) in [4.78, 5) is 2.75. The van der Waals surface area contributed by atoms with E-state index >= 15 is 0 Å². The van der Waals surface area contributed by atoms with Crippen molar-refractivity contribution in [1.82, 2.24) is 14.8 Å². The molecule has 0 radical (unpaired) electrons. The molecule has 3 nitrogen and oxygen atoms in total. The van der Waals surface area contributed by atoms with Gasteiger partial charge in [0.2, 0.25) is 0 Å². The van der Waals surface area contributed by atoms with Crippen LogP contribution < -0.4 is 0 Å². The molecule has 0 aliphatic rings. The topological polar surface area (TPSA) is 33.6 Å². The fourth-order valence-corrected chi connectivity index (χ4v) is 3.25. The largest absolute Gasteiger partial charge is 0.301 e. The zero-order chi connectivity index (χ0) is 11.7. The van der Waals surface area contributed by atoms with Gasteiger partial charge in [-0.2, -0.15) is 5.10 Å². The minimum absolute atomic E-state index is 0.351. The van der Waals surface area contributed by atoms with Crippen molar-refractivity contribution in [3.05, 3.63) is 32.5 Å². The number of rotatable bonds is 3. The molecule has 1 N–H and O–H groups in total. The Bertz CT molecular complexity index is 535. The Morgan fingerprint density at radius 1 is 1.50 bits per heavy atom. The molecule has 2 rings (SSSR count). The highest BCUT2D eigenvalue weighted by atomic mass is 32.1. The number of nitrogens with one attached hydrogen (secondary N) is 1. The van der Waals surface area contributed by atoms with Gasteiger partial charge in [-0.15, -0.1) is 11.3 Å². The maximum absolute atomic E-state index is 5.22. The third kappa shape index (κ3) is 2.25. The van der Waals surface area contributed by atoms with Gasteiger partial charge in [0, 0.05) is 22.2 Å². The van der Waals surface area contributed by atoms with Gasteiger partial charge in [-0.1, -0.05) is 0 Å². The van der Waals surface area contributed by atoms with Crippen LogP contribution in [0, 0.1) is 18.6 Å². The summed E-state index contributed by atoms with van der Waals surface area (Å²) < 4.78 is 2.78. The normalized spacial score (nSPS) is 12.9. The third-order valence-corrected chi connectivity index (χ3v) is 3.93. The fraction of sp³-hybridized carbons (Fsp3) is 0.455. The predicted molar refractivity (Wildman–Crippen MR) is 69.6 cm³/mol. The zero-order valence-corrected chi connectivity index (χ0v) is 11.3. The molecule has 0 spiro atoms. The molecule has 5 heteroatoms. The number of aromatic amines is 1. The number of aryl methyl sites for hydroxylation is 2. The standard InChI is InChI=1S/C11H15N3S2/c1-7(6-10-5-4-8(2)16-10)14-9(3)12-13-11(14)15/h4-5,7H,6H2,1-3H3,(H,13,15). The molecule has 0 saturated carbocycles. The van der Waals surface area contributed by atoms with Crippen LogP contribution in [0.3, 0.4) is 0 Å². The van der Waals surface area contributed by atoms with E-state index in [0.29, 0.717) is 10.8 Å². The lowest BCUT2D eigenvalue weighted by molar-refractivity contribution is 0.528. The predicted octanol–water partition coefficient (Wildman–Crippen LogP) is 3.42. The maximum atomic E-state index is 5.22. The van der Waals surface area contributed by atoms with Gasteiger partial charge in [0.05, 0.1) is 0 Å². The van der Waals surface area contributed by atoms with Crippen molar-refractivity contribution < 1.29 is 0 Å². The number of nitrogens with zero attached hydrogens (tertiary/aromatic N) is 2. The number of hydrogen-bond donors (Lipinski definition) is 1. The molecule has 0 saturated heterocycles. The van der Waals surface area contributed by atoms with Crippen LogP contribution in [-0.2, 0) is 6.42 Å². The number of hydrogen-bond acceptors (Lipinski definition) is 3. The molecule has 0 bridgehead atoms. The number of aromatic nitrogens is 3. The first-order valence-electron chi connectivity index (χ1n) is 5.26. The Morgan fingerprint density at radius 3 is 2.75 bits per heavy atom. The summed E-state index contributed by atoms with van der Waals surface area (Å²) in [7, 11) is 0. The summed E-state index contributed by atoms with van der Waals surface area (Å²) in [6.45, 7) is 6.28. The molecule has 2 heterocycles. The van der Waals surface area contributed by atoms with Gasteiger partial charge in [-0.25, -0.2) is 0 Å². The summed E-state index contributed by atoms with van der Waals surface area (Å²) in [5, 5.41) is 6.96. The Hall–Kier alpha value is -0.940. The summed E-state index contributed by atoms with van der Waals surface area (Å²) in [6, 6.07) is 4.70. The van der Waals surface area contributed by atoms with Crippen molar-refractivity contribution in [1.29, 1.82) is 0 Å². The van der Waals surface area contributed by atoms with E-state index in [-0.39, 0.29) is 0 Å². The molecule has 2 aromatic heterocycles. The highest BCUT2D eigenvalue weighted by Crippen LogP contribution is 2.21. The van der Waals surface area contributed by atoms with Crippen LogP contribution in [-0.4, -0.2) is 14.8 Å². The van der Waals surface area contributed by atoms with Crippen LogP contribution in [0.1, 0.15) is 28.5 Å². The van der Waals surface area contributed by atoms with Gasteiger partial charge in [-0.05, 0) is 45.1 Å². The van der Waals surface area contributed by atoms with Gasteiger partial charge >= 0.3 is 0 Å². The Morgan fingerprint density at radius 2 is 2.25 bits per heavy atom. The highest BCUT2D eigenvalue weighted by Gasteiger charge is 2.11. The molecule has 0 aliphatic carbocycles. The molecular formula is C11H15N3S2. The Kier molecular flexibility index (Phi) is 3.25. The van der Waals surface area contributed by atoms with Gasteiger partial charge in [0.15, 0.2) is 4.77 Å². The summed E-state index contributed by atoms with van der Waals surface area (Å²) in [5.74, 6) is 0.950. The van der Waals surface area contributed by atoms with E-state index in [1.807, 2.05) is 18.3 Å². The first-order chi connectivity index (χ1) is 7.58. The zero-order valence-electron chi connectivity index (χ0n) is 9.65. The number of H-pyrrole nitrogens is 1. The van der Waals surface area contributed by atoms with Crippen LogP contribution >= 0.6 is 23.6 Å². The van der Waals surface area contributed by atoms with Crippen molar-refractivity contribution in [2.75, 3.05) is 0 Å². The van der Waals surface area contributed by atoms with E-state index in [1.54, 1.807) is 0 Å². The Balaban J connectivity index is 2.20. The van der Waals surface area contributed by atoms with Gasteiger partial charge in [0.25, 0.3) is 0 Å². The van der Waals surface area contributed by atoms with E-state index in [4.69, 9.17) is 12.2 Å². The van der Waals surface area contributed by atoms with E-state index < -0.39 is 0 Å². The summed E-state index contributed by atoms with van der Waals surface area (Å²) in [5.41, 5.74) is 0. The van der Waals surface area contributed by atoms with E-state index in [2.05, 4.69) is 40.7 Å². The molecule has 1 unspecified atom stereocenters. The van der Waals surface area contributed by atoms with E-state index in [9.17, 15) is 0 Å². The van der Waals surface area contributed by atoms with Crippen LogP contribution in [0.2, 0.25) is 0 Å². The van der Waals surface area contributed by atoms with Crippen molar-refractivity contribution in [3.63, 3.8) is 0 Å². The average molecular weight is 253 g/mol. The lowest BCUT2D eigenvalue weighted by atomic mass is 10.2. The van der Waals surface area contributed by atoms with Crippen molar-refractivity contribution >= 4 is 23.6 Å². The second-order valence-corrected chi connectivity index (χ2v) is 5.77. The summed E-state index contributed by atoms with van der Waals surface area (Å²) in [6.07, 6.45) is 1.01. The van der Waals surface area contributed by atoms with Gasteiger partial charge in [-0.3, -0.25) is 5.10 Å². The molecule has 1 atom stereocenters. The lowest BCUT2D eigenvalue weighted by Gasteiger charge is -2.12. The SMILES string of the molecule is Cc1ccc(CC(C)n2c(C)n[nH]c2=S)s1. The number of thiophene rings is 1. The van der Waals surface area contributed by atoms with E-state index in [1.165, 1.54) is 9.75 Å². The quantitative estimate of drug-likeness (QED) is 0.850. The monoisotopic (exact) mass is 253 g/mol. The maximum Gasteiger partial charge on any atom is 0.195 e. The highest BCUT2D eigenvalue weighted by molar-refractivity contribution is 7.71. The van der Waals surface area contributed by atoms with Crippen LogP contribution in [0.4, 0.5) is 0 Å². The molecular weight excluding hydrogens is 238 g/mol. The molecule has 0 amide bonds. The third-order valence-electron chi connectivity index (χ3n) is 2.61. The molecule has 0 aromatic carbocycles. The first-order valence-corrected chi connectivity index (χ1v) is 6.49. The Labute approximate surface area is 104 Å². The smallest absolute Gasteiger partial charge is 0.195 e. The molecule has 0 fully saturated rings. The van der Waals surface area contributed by atoms with Crippen molar-refractivity contribution in [3.8, 4) is 0 Å². The molecule has 86 valence electrons. The lowest BCUT2D eigenvalue weighted by Crippen LogP contribution is -2.09. The van der Waals surface area contributed by atoms with Crippen molar-refractivity contribution in [2.24, 2.45) is 0 Å². The minimum atomic E-state index is 0.351. The second-order valence-electron chi connectivity index (χ2n) is 4.01. The van der Waals surface area contributed by atoms with Crippen LogP contribution in [0.25, 0.3) is 0 Å². The van der Waals surface area contributed by atoms with Gasteiger partial charge < -0.3 is 4.57 Å². The first kappa shape index (κ1) is 11.5. The summed E-state index contributed by atoms with van der Waals surface area (Å²) >= 11 is 7.07. The van der Waals surface area contributed by atoms with Crippen LogP contribution in [0.5, 0.6) is 0 Å². The second kappa shape index (κ2) is 4.51. The van der Waals surface area contributed by atoms with Crippen molar-refractivity contribution in [2.45, 2.75) is 33.2 Å². The van der Waals surface area contributed by atoms with E-state index in [0.717, 1.165) is 12.2 Å². The minimum Gasteiger partial charge on any atom is -0.301 e. The van der Waals surface area contributed by atoms with Crippen LogP contribution in [0.15, 0.2) is 12.1 Å². The van der Waals surface area contributed by atoms with Gasteiger partial charge in [0.1, 0.15) is 5.82 Å². The molecule has 16 heavy (non-hydrogen) atoms. The fourth-order valence-electron chi connectivity index (χ4n) is 1.88. The molecule has 0 aliphatic heterocycles.